The van der Waals surface area contributed by atoms with Gasteiger partial charge in [0.05, 0.1) is 6.54 Å². The third kappa shape index (κ3) is 10.6. The summed E-state index contributed by atoms with van der Waals surface area (Å²) < 4.78 is 36.9. The first-order valence-corrected chi connectivity index (χ1v) is 6.26. The molecule has 17 heavy (non-hydrogen) atoms. The lowest BCUT2D eigenvalue weighted by Gasteiger charge is -2.27. The Morgan fingerprint density at radius 2 is 1.65 bits per heavy atom. The molecule has 0 aliphatic carbocycles. The first kappa shape index (κ1) is 16.7. The first-order valence-electron chi connectivity index (χ1n) is 6.26. The molecule has 1 N–H and O–H groups in total. The van der Waals surface area contributed by atoms with Gasteiger partial charge in [0.25, 0.3) is 0 Å². The van der Waals surface area contributed by atoms with Gasteiger partial charge in [-0.05, 0) is 39.8 Å². The van der Waals surface area contributed by atoms with E-state index in [9.17, 15) is 13.2 Å². The molecule has 0 aromatic heterocycles. The molecule has 5 heteroatoms. The van der Waals surface area contributed by atoms with Gasteiger partial charge in [0, 0.05) is 12.1 Å². The molecule has 0 amide bonds. The predicted molar refractivity (Wildman–Crippen MR) is 65.1 cm³/mol. The van der Waals surface area contributed by atoms with Gasteiger partial charge in [0.1, 0.15) is 0 Å². The van der Waals surface area contributed by atoms with Crippen molar-refractivity contribution in [2.45, 2.75) is 58.8 Å². The number of unbranched alkanes of at least 4 members (excludes halogenated alkanes) is 1. The zero-order valence-electron chi connectivity index (χ0n) is 11.3. The molecule has 0 heterocycles. The Hall–Kier alpha value is -0.290. The van der Waals surface area contributed by atoms with Crippen molar-refractivity contribution in [1.82, 2.24) is 10.2 Å². The highest BCUT2D eigenvalue weighted by molar-refractivity contribution is 4.67. The van der Waals surface area contributed by atoms with Crippen molar-refractivity contribution in [1.29, 1.82) is 0 Å². The van der Waals surface area contributed by atoms with Gasteiger partial charge in [-0.3, -0.25) is 4.90 Å². The lowest BCUT2D eigenvalue weighted by atomic mass is 10.2. The summed E-state index contributed by atoms with van der Waals surface area (Å²) in [6.45, 7) is 8.30. The van der Waals surface area contributed by atoms with Crippen LogP contribution in [0.5, 0.6) is 0 Å². The average molecular weight is 254 g/mol. The van der Waals surface area contributed by atoms with Crippen LogP contribution in [-0.2, 0) is 0 Å². The number of nitrogens with one attached hydrogen (secondary N) is 1. The summed E-state index contributed by atoms with van der Waals surface area (Å²) in [5.74, 6) is 0. The fourth-order valence-electron chi connectivity index (χ4n) is 1.58. The monoisotopic (exact) mass is 254 g/mol. The van der Waals surface area contributed by atoms with Crippen molar-refractivity contribution in [2.75, 3.05) is 19.6 Å². The molecule has 0 unspecified atom stereocenters. The quantitative estimate of drug-likeness (QED) is 0.670. The smallest absolute Gasteiger partial charge is 0.315 e. The topological polar surface area (TPSA) is 15.3 Å². The molecule has 2 nitrogen and oxygen atoms in total. The van der Waals surface area contributed by atoms with Crippen LogP contribution in [0.1, 0.15) is 40.5 Å². The van der Waals surface area contributed by atoms with E-state index in [1.54, 1.807) is 13.8 Å². The zero-order chi connectivity index (χ0) is 13.5. The predicted octanol–water partition coefficient (Wildman–Crippen LogP) is 3.04. The highest BCUT2D eigenvalue weighted by Crippen LogP contribution is 2.18. The van der Waals surface area contributed by atoms with E-state index in [-0.39, 0.29) is 6.04 Å². The van der Waals surface area contributed by atoms with E-state index in [0.717, 1.165) is 19.4 Å². The molecule has 0 fully saturated rings. The fraction of sp³-hybridized carbons (Fsp3) is 1.00. The van der Waals surface area contributed by atoms with Crippen LogP contribution in [0.3, 0.4) is 0 Å². The third-order valence-electron chi connectivity index (χ3n) is 2.54. The fourth-order valence-corrected chi connectivity index (χ4v) is 1.58. The molecule has 0 spiro atoms. The molecule has 0 atom stereocenters. The second-order valence-electron chi connectivity index (χ2n) is 5.00. The number of halogens is 3. The Bertz CT molecular complexity index is 191. The molecule has 0 rings (SSSR count). The SMILES string of the molecule is CC(C)NCCCCN(CC(F)(F)F)C(C)C. The average Bonchev–Trinajstić information content (AvgIpc) is 2.12. The lowest BCUT2D eigenvalue weighted by molar-refractivity contribution is -0.149. The summed E-state index contributed by atoms with van der Waals surface area (Å²) in [5, 5.41) is 3.26. The van der Waals surface area contributed by atoms with Crippen LogP contribution >= 0.6 is 0 Å². The Balaban J connectivity index is 3.79. The molecule has 0 aromatic rings. The summed E-state index contributed by atoms with van der Waals surface area (Å²) in [5.41, 5.74) is 0. The third-order valence-corrected chi connectivity index (χ3v) is 2.54. The Morgan fingerprint density at radius 1 is 1.06 bits per heavy atom. The van der Waals surface area contributed by atoms with Gasteiger partial charge in [0.15, 0.2) is 0 Å². The van der Waals surface area contributed by atoms with Crippen molar-refractivity contribution in [3.05, 3.63) is 0 Å². The van der Waals surface area contributed by atoms with Gasteiger partial charge in [0.2, 0.25) is 0 Å². The lowest BCUT2D eigenvalue weighted by Crippen LogP contribution is -2.39. The summed E-state index contributed by atoms with van der Waals surface area (Å²) >= 11 is 0. The first-order chi connectivity index (χ1) is 7.72. The van der Waals surface area contributed by atoms with E-state index in [2.05, 4.69) is 19.2 Å². The molecular weight excluding hydrogens is 229 g/mol. The minimum absolute atomic E-state index is 0.0605. The molecule has 0 saturated heterocycles. The second kappa shape index (κ2) is 7.93. The van der Waals surface area contributed by atoms with Gasteiger partial charge in [-0.1, -0.05) is 13.8 Å². The van der Waals surface area contributed by atoms with Crippen molar-refractivity contribution in [3.8, 4) is 0 Å². The van der Waals surface area contributed by atoms with E-state index in [4.69, 9.17) is 0 Å². The maximum atomic E-state index is 12.3. The Morgan fingerprint density at radius 3 is 2.06 bits per heavy atom. The molecule has 0 radical (unpaired) electrons. The van der Waals surface area contributed by atoms with E-state index in [0.29, 0.717) is 12.6 Å². The molecule has 104 valence electrons. The summed E-state index contributed by atoms with van der Waals surface area (Å²) in [7, 11) is 0. The summed E-state index contributed by atoms with van der Waals surface area (Å²) in [6.07, 6.45) is -2.38. The van der Waals surface area contributed by atoms with E-state index < -0.39 is 12.7 Å². The van der Waals surface area contributed by atoms with E-state index >= 15 is 0 Å². The van der Waals surface area contributed by atoms with Gasteiger partial charge in [-0.2, -0.15) is 13.2 Å². The van der Waals surface area contributed by atoms with Crippen molar-refractivity contribution >= 4 is 0 Å². The standard InChI is InChI=1S/C12H25F3N2/c1-10(2)16-7-5-6-8-17(11(3)4)9-12(13,14)15/h10-11,16H,5-9H2,1-4H3. The zero-order valence-corrected chi connectivity index (χ0v) is 11.3. The van der Waals surface area contributed by atoms with Crippen LogP contribution in [0.25, 0.3) is 0 Å². The Kier molecular flexibility index (Phi) is 7.79. The highest BCUT2D eigenvalue weighted by atomic mass is 19.4. The number of nitrogens with zero attached hydrogens (tertiary/aromatic N) is 1. The van der Waals surface area contributed by atoms with Crippen LogP contribution in [0, 0.1) is 0 Å². The maximum Gasteiger partial charge on any atom is 0.401 e. The molecule has 0 saturated carbocycles. The van der Waals surface area contributed by atoms with E-state index in [1.807, 2.05) is 0 Å². The largest absolute Gasteiger partial charge is 0.401 e. The molecule has 0 aromatic carbocycles. The van der Waals surface area contributed by atoms with Gasteiger partial charge < -0.3 is 5.32 Å². The number of hydrogen-bond donors (Lipinski definition) is 1. The molecule has 0 bridgehead atoms. The maximum absolute atomic E-state index is 12.3. The van der Waals surface area contributed by atoms with Crippen LogP contribution in [-0.4, -0.2) is 42.8 Å². The summed E-state index contributed by atoms with van der Waals surface area (Å²) in [6, 6.07) is 0.376. The molecule has 0 aliphatic rings. The minimum atomic E-state index is -4.10. The van der Waals surface area contributed by atoms with Crippen molar-refractivity contribution in [3.63, 3.8) is 0 Å². The van der Waals surface area contributed by atoms with Gasteiger partial charge >= 0.3 is 6.18 Å². The number of alkyl halides is 3. The normalized spacial score (nSPS) is 13.1. The number of rotatable bonds is 8. The Labute approximate surface area is 103 Å². The molecule has 0 aliphatic heterocycles. The van der Waals surface area contributed by atoms with Gasteiger partial charge in [-0.25, -0.2) is 0 Å². The van der Waals surface area contributed by atoms with Crippen LogP contribution in [0.15, 0.2) is 0 Å². The van der Waals surface area contributed by atoms with Crippen LogP contribution in [0.4, 0.5) is 13.2 Å². The minimum Gasteiger partial charge on any atom is -0.315 e. The summed E-state index contributed by atoms with van der Waals surface area (Å²) in [4.78, 5) is 1.48. The molecular formula is C12H25F3N2. The van der Waals surface area contributed by atoms with E-state index in [1.165, 1.54) is 4.90 Å². The van der Waals surface area contributed by atoms with Crippen LogP contribution < -0.4 is 5.32 Å². The van der Waals surface area contributed by atoms with Gasteiger partial charge in [-0.15, -0.1) is 0 Å². The van der Waals surface area contributed by atoms with Crippen molar-refractivity contribution < 1.29 is 13.2 Å². The number of hydrogen-bond acceptors (Lipinski definition) is 2. The highest BCUT2D eigenvalue weighted by Gasteiger charge is 2.31. The van der Waals surface area contributed by atoms with Crippen molar-refractivity contribution in [2.24, 2.45) is 0 Å². The second-order valence-corrected chi connectivity index (χ2v) is 5.00. The van der Waals surface area contributed by atoms with Crippen LogP contribution in [0.2, 0.25) is 0 Å².